The third kappa shape index (κ3) is 1.74. The van der Waals surface area contributed by atoms with Gasteiger partial charge in [-0.3, -0.25) is 4.98 Å². The van der Waals surface area contributed by atoms with E-state index < -0.39 is 25.3 Å². The lowest BCUT2D eigenvalue weighted by Gasteiger charge is -1.99. The van der Waals surface area contributed by atoms with Crippen molar-refractivity contribution < 1.29 is 12.8 Å². The van der Waals surface area contributed by atoms with E-state index in [1.165, 1.54) is 12.1 Å². The van der Waals surface area contributed by atoms with Gasteiger partial charge in [0.1, 0.15) is 5.39 Å². The molecule has 16 heavy (non-hydrogen) atoms. The summed E-state index contributed by atoms with van der Waals surface area (Å²) in [6.45, 7) is 0. The number of fused-ring (bicyclic) bond motifs is 1. The van der Waals surface area contributed by atoms with Crippen LogP contribution < -0.4 is 11.4 Å². The molecule has 0 amide bonds. The zero-order valence-corrected chi connectivity index (χ0v) is 9.13. The monoisotopic (exact) mass is 261 g/mol. The van der Waals surface area contributed by atoms with Crippen LogP contribution in [0.4, 0.5) is 0 Å². The van der Waals surface area contributed by atoms with Crippen molar-refractivity contribution in [3.05, 3.63) is 39.2 Å². The summed E-state index contributed by atoms with van der Waals surface area (Å²) in [5.41, 5.74) is -0.985. The van der Waals surface area contributed by atoms with E-state index in [1.807, 2.05) is 0 Å². The first kappa shape index (κ1) is 10.9. The van der Waals surface area contributed by atoms with Crippen molar-refractivity contribution in [2.45, 2.75) is 4.90 Å². The molecule has 1 heterocycles. The predicted molar refractivity (Wildman–Crippen MR) is 56.1 cm³/mol. The number of H-pyrrole nitrogens is 1. The first-order valence-corrected chi connectivity index (χ1v) is 6.31. The van der Waals surface area contributed by atoms with E-state index in [1.54, 1.807) is 0 Å². The number of rotatable bonds is 1. The summed E-state index contributed by atoms with van der Waals surface area (Å²) in [6.07, 6.45) is 0. The molecule has 1 aromatic heterocycles. The molecule has 2 rings (SSSR count). The van der Waals surface area contributed by atoms with Crippen molar-refractivity contribution in [3.8, 4) is 0 Å². The fourth-order valence-corrected chi connectivity index (χ4v) is 2.38. The highest BCUT2D eigenvalue weighted by molar-refractivity contribution is 8.14. The minimum absolute atomic E-state index is 0.0583. The second-order valence-corrected chi connectivity index (χ2v) is 5.45. The topological polar surface area (TPSA) is 97.2 Å². The maximum Gasteiger partial charge on any atom is 0.419 e. The number of aromatic amines is 1. The van der Waals surface area contributed by atoms with Gasteiger partial charge in [0.25, 0.3) is 9.05 Å². The van der Waals surface area contributed by atoms with Gasteiger partial charge in [-0.2, -0.15) is 0 Å². The molecular formula is C8H4ClNO5S. The van der Waals surface area contributed by atoms with Crippen LogP contribution in [0.2, 0.25) is 0 Å². The first-order chi connectivity index (χ1) is 7.39. The normalized spacial score (nSPS) is 11.8. The molecule has 8 heteroatoms. The highest BCUT2D eigenvalue weighted by atomic mass is 35.7. The Bertz CT molecular complexity index is 773. The fraction of sp³-hybridized carbons (Fsp3) is 0. The molecule has 2 aromatic rings. The van der Waals surface area contributed by atoms with E-state index in [0.29, 0.717) is 0 Å². The predicted octanol–water partition coefficient (Wildman–Crippen LogP) is 0.409. The minimum Gasteiger partial charge on any atom is -0.372 e. The average Bonchev–Trinajstić information content (AvgIpc) is 2.14. The number of hydrogen-bond acceptors (Lipinski definition) is 5. The van der Waals surface area contributed by atoms with Gasteiger partial charge in [-0.1, -0.05) is 6.07 Å². The largest absolute Gasteiger partial charge is 0.419 e. The quantitative estimate of drug-likeness (QED) is 0.750. The summed E-state index contributed by atoms with van der Waals surface area (Å²) in [4.78, 5) is 24.0. The lowest BCUT2D eigenvalue weighted by molar-refractivity contribution is 0.459. The van der Waals surface area contributed by atoms with E-state index in [4.69, 9.17) is 10.7 Å². The Labute approximate surface area is 92.9 Å². The zero-order chi connectivity index (χ0) is 11.9. The highest BCUT2D eigenvalue weighted by Crippen LogP contribution is 2.20. The Morgan fingerprint density at radius 1 is 1.25 bits per heavy atom. The molecule has 0 saturated heterocycles. The summed E-state index contributed by atoms with van der Waals surface area (Å²) < 4.78 is 26.6. The van der Waals surface area contributed by atoms with Crippen LogP contribution in [-0.4, -0.2) is 13.4 Å². The van der Waals surface area contributed by atoms with Gasteiger partial charge in [0.15, 0.2) is 0 Å². The zero-order valence-electron chi connectivity index (χ0n) is 7.56. The van der Waals surface area contributed by atoms with Gasteiger partial charge in [0.2, 0.25) is 0 Å². The van der Waals surface area contributed by atoms with Gasteiger partial charge in [-0.25, -0.2) is 18.0 Å². The van der Waals surface area contributed by atoms with Crippen molar-refractivity contribution in [1.29, 1.82) is 0 Å². The molecule has 84 valence electrons. The van der Waals surface area contributed by atoms with Crippen molar-refractivity contribution >= 4 is 30.6 Å². The molecule has 0 atom stereocenters. The van der Waals surface area contributed by atoms with Crippen molar-refractivity contribution in [3.63, 3.8) is 0 Å². The average molecular weight is 262 g/mol. The van der Waals surface area contributed by atoms with Gasteiger partial charge in [-0.05, 0) is 12.1 Å². The number of nitrogens with one attached hydrogen (secondary N) is 1. The van der Waals surface area contributed by atoms with Crippen LogP contribution in [0.5, 0.6) is 0 Å². The second kappa shape index (κ2) is 3.46. The lowest BCUT2D eigenvalue weighted by Crippen LogP contribution is -2.16. The van der Waals surface area contributed by atoms with Gasteiger partial charge >= 0.3 is 11.4 Å². The smallest absolute Gasteiger partial charge is 0.372 e. The molecule has 0 spiro atoms. The van der Waals surface area contributed by atoms with Crippen LogP contribution >= 0.6 is 10.7 Å². The molecule has 1 aromatic carbocycles. The Hall–Kier alpha value is -1.60. The number of benzene rings is 1. The SMILES string of the molecule is O=c1[nH]c2cccc(S(=O)(=O)Cl)c2c(=O)o1. The Morgan fingerprint density at radius 3 is 2.56 bits per heavy atom. The van der Waals surface area contributed by atoms with Crippen LogP contribution in [0.1, 0.15) is 0 Å². The van der Waals surface area contributed by atoms with Crippen molar-refractivity contribution in [2.24, 2.45) is 0 Å². The number of aromatic nitrogens is 1. The number of hydrogen-bond donors (Lipinski definition) is 1. The van der Waals surface area contributed by atoms with Crippen LogP contribution in [0.15, 0.2) is 37.1 Å². The first-order valence-electron chi connectivity index (χ1n) is 4.00. The van der Waals surface area contributed by atoms with Gasteiger partial charge in [0, 0.05) is 10.7 Å². The molecule has 0 aliphatic heterocycles. The molecular weight excluding hydrogens is 258 g/mol. The van der Waals surface area contributed by atoms with E-state index in [0.717, 1.165) is 6.07 Å². The molecule has 0 radical (unpaired) electrons. The number of halogens is 1. The fourth-order valence-electron chi connectivity index (χ4n) is 1.32. The third-order valence-corrected chi connectivity index (χ3v) is 3.28. The van der Waals surface area contributed by atoms with Gasteiger partial charge in [0.05, 0.1) is 10.4 Å². The summed E-state index contributed by atoms with van der Waals surface area (Å²) in [7, 11) is 1.07. The van der Waals surface area contributed by atoms with Crippen molar-refractivity contribution in [2.75, 3.05) is 0 Å². The molecule has 0 fully saturated rings. The van der Waals surface area contributed by atoms with Gasteiger partial charge < -0.3 is 4.42 Å². The second-order valence-electron chi connectivity index (χ2n) is 2.92. The standard InChI is InChI=1S/C8H4ClNO5S/c9-16(13,14)5-3-1-2-4-6(5)7(11)15-8(12)10-4/h1-3H,(H,10,12). The molecule has 0 bridgehead atoms. The van der Waals surface area contributed by atoms with E-state index in [2.05, 4.69) is 9.40 Å². The Morgan fingerprint density at radius 2 is 1.94 bits per heavy atom. The van der Waals surface area contributed by atoms with Crippen LogP contribution in [-0.2, 0) is 9.05 Å². The molecule has 0 unspecified atom stereocenters. The molecule has 1 N–H and O–H groups in total. The van der Waals surface area contributed by atoms with Crippen LogP contribution in [0, 0.1) is 0 Å². The highest BCUT2D eigenvalue weighted by Gasteiger charge is 2.17. The summed E-state index contributed by atoms with van der Waals surface area (Å²) >= 11 is 0. The minimum atomic E-state index is -4.07. The van der Waals surface area contributed by atoms with Crippen LogP contribution in [0.25, 0.3) is 10.9 Å². The van der Waals surface area contributed by atoms with Crippen molar-refractivity contribution in [1.82, 2.24) is 4.98 Å². The van der Waals surface area contributed by atoms with Crippen LogP contribution in [0.3, 0.4) is 0 Å². The van der Waals surface area contributed by atoms with E-state index >= 15 is 0 Å². The summed E-state index contributed by atoms with van der Waals surface area (Å²) in [6, 6.07) is 3.88. The van der Waals surface area contributed by atoms with E-state index in [-0.39, 0.29) is 10.9 Å². The lowest BCUT2D eigenvalue weighted by atomic mass is 10.2. The van der Waals surface area contributed by atoms with E-state index in [9.17, 15) is 18.0 Å². The molecule has 0 aliphatic carbocycles. The third-order valence-electron chi connectivity index (χ3n) is 1.92. The maximum absolute atomic E-state index is 11.4. The van der Waals surface area contributed by atoms with Gasteiger partial charge in [-0.15, -0.1) is 0 Å². The Balaban J connectivity index is 3.11. The Kier molecular flexibility index (Phi) is 2.36. The summed E-state index contributed by atoms with van der Waals surface area (Å²) in [5.74, 6) is -0.957. The molecule has 0 aliphatic rings. The summed E-state index contributed by atoms with van der Waals surface area (Å²) in [5, 5.41) is -0.267. The maximum atomic E-state index is 11.4. The molecule has 6 nitrogen and oxygen atoms in total. The molecule has 0 saturated carbocycles.